The first-order valence-electron chi connectivity index (χ1n) is 5.18. The lowest BCUT2D eigenvalue weighted by Crippen LogP contribution is -1.93. The highest BCUT2D eigenvalue weighted by Gasteiger charge is 2.19. The molecule has 0 aliphatic rings. The van der Waals surface area contributed by atoms with Gasteiger partial charge in [0.1, 0.15) is 23.9 Å². The van der Waals surface area contributed by atoms with Crippen LogP contribution in [0.3, 0.4) is 0 Å². The molecule has 0 unspecified atom stereocenters. The van der Waals surface area contributed by atoms with Crippen LogP contribution in [-0.2, 0) is 6.61 Å². The fourth-order valence-corrected chi connectivity index (χ4v) is 1.61. The Balaban J connectivity index is 2.52. The zero-order valence-corrected chi connectivity index (χ0v) is 9.62. The lowest BCUT2D eigenvalue weighted by Gasteiger charge is -2.03. The Labute approximate surface area is 103 Å². The molecule has 0 bridgehead atoms. The van der Waals surface area contributed by atoms with Crippen LogP contribution in [-0.4, -0.2) is 17.1 Å². The van der Waals surface area contributed by atoms with E-state index >= 15 is 0 Å². The molecule has 0 atom stereocenters. The van der Waals surface area contributed by atoms with E-state index in [4.69, 9.17) is 14.3 Å². The molecule has 6 heteroatoms. The van der Waals surface area contributed by atoms with E-state index < -0.39 is 4.92 Å². The standard InChI is InChI=1S/C12H11NO5/c1-17-8-2-4-10(11(6-8)13(15)16)12-5-3-9(7-14)18-12/h2-6,14H,7H2,1H3. The number of nitro groups is 1. The van der Waals surface area contributed by atoms with Crippen molar-refractivity contribution in [1.82, 2.24) is 0 Å². The summed E-state index contributed by atoms with van der Waals surface area (Å²) in [7, 11) is 1.44. The van der Waals surface area contributed by atoms with Gasteiger partial charge in [0.25, 0.3) is 5.69 Å². The van der Waals surface area contributed by atoms with Gasteiger partial charge >= 0.3 is 0 Å². The topological polar surface area (TPSA) is 85.7 Å². The van der Waals surface area contributed by atoms with Crippen LogP contribution in [0.1, 0.15) is 5.76 Å². The van der Waals surface area contributed by atoms with Gasteiger partial charge in [0, 0.05) is 0 Å². The third-order valence-corrected chi connectivity index (χ3v) is 2.48. The van der Waals surface area contributed by atoms with E-state index in [-0.39, 0.29) is 12.3 Å². The van der Waals surface area contributed by atoms with Gasteiger partial charge in [-0.05, 0) is 24.3 Å². The molecule has 0 spiro atoms. The Morgan fingerprint density at radius 3 is 2.72 bits per heavy atom. The number of nitro benzene ring substituents is 1. The van der Waals surface area contributed by atoms with E-state index in [0.29, 0.717) is 22.8 Å². The molecule has 0 aliphatic heterocycles. The fraction of sp³-hybridized carbons (Fsp3) is 0.167. The third-order valence-electron chi connectivity index (χ3n) is 2.48. The summed E-state index contributed by atoms with van der Waals surface area (Å²) < 4.78 is 10.2. The van der Waals surface area contributed by atoms with Crippen LogP contribution in [0.25, 0.3) is 11.3 Å². The SMILES string of the molecule is COc1ccc(-c2ccc(CO)o2)c([N+](=O)[O-])c1. The number of benzene rings is 1. The monoisotopic (exact) mass is 249 g/mol. The van der Waals surface area contributed by atoms with Gasteiger partial charge in [0.05, 0.1) is 23.7 Å². The zero-order valence-electron chi connectivity index (χ0n) is 9.62. The molecule has 1 aromatic carbocycles. The van der Waals surface area contributed by atoms with Crippen LogP contribution in [0.4, 0.5) is 5.69 Å². The Morgan fingerprint density at radius 1 is 1.39 bits per heavy atom. The minimum Gasteiger partial charge on any atom is -0.497 e. The van der Waals surface area contributed by atoms with Gasteiger partial charge in [-0.3, -0.25) is 10.1 Å². The van der Waals surface area contributed by atoms with Gasteiger partial charge in [0.15, 0.2) is 0 Å². The predicted molar refractivity (Wildman–Crippen MR) is 63.3 cm³/mol. The molecular formula is C12H11NO5. The van der Waals surface area contributed by atoms with Crippen molar-refractivity contribution >= 4 is 5.69 Å². The van der Waals surface area contributed by atoms with Gasteiger partial charge in [0.2, 0.25) is 0 Å². The Morgan fingerprint density at radius 2 is 2.17 bits per heavy atom. The summed E-state index contributed by atoms with van der Waals surface area (Å²) in [6.07, 6.45) is 0. The number of rotatable bonds is 4. The summed E-state index contributed by atoms with van der Waals surface area (Å²) in [4.78, 5) is 10.5. The zero-order chi connectivity index (χ0) is 13.1. The number of aliphatic hydroxyl groups is 1. The molecule has 0 saturated carbocycles. The third kappa shape index (κ3) is 2.18. The lowest BCUT2D eigenvalue weighted by atomic mass is 10.1. The molecule has 0 amide bonds. The maximum atomic E-state index is 11.0. The Hall–Kier alpha value is -2.34. The van der Waals surface area contributed by atoms with Gasteiger partial charge in [-0.2, -0.15) is 0 Å². The maximum Gasteiger partial charge on any atom is 0.284 e. The number of methoxy groups -OCH3 is 1. The minimum absolute atomic E-state index is 0.104. The smallest absolute Gasteiger partial charge is 0.284 e. The summed E-state index contributed by atoms with van der Waals surface area (Å²) in [6, 6.07) is 7.65. The number of ether oxygens (including phenoxy) is 1. The second-order valence-electron chi connectivity index (χ2n) is 3.56. The molecule has 1 heterocycles. The Kier molecular flexibility index (Phi) is 3.29. The van der Waals surface area contributed by atoms with Crippen molar-refractivity contribution in [2.75, 3.05) is 7.11 Å². The largest absolute Gasteiger partial charge is 0.497 e. The number of hydrogen-bond donors (Lipinski definition) is 1. The first-order valence-corrected chi connectivity index (χ1v) is 5.18. The quantitative estimate of drug-likeness (QED) is 0.664. The lowest BCUT2D eigenvalue weighted by molar-refractivity contribution is -0.384. The van der Waals surface area contributed by atoms with E-state index in [1.54, 1.807) is 24.3 Å². The van der Waals surface area contributed by atoms with E-state index in [0.717, 1.165) is 0 Å². The van der Waals surface area contributed by atoms with Crippen molar-refractivity contribution in [1.29, 1.82) is 0 Å². The van der Waals surface area contributed by atoms with Crippen LogP contribution in [0.2, 0.25) is 0 Å². The van der Waals surface area contributed by atoms with Crippen LogP contribution in [0, 0.1) is 10.1 Å². The molecule has 0 saturated heterocycles. The van der Waals surface area contributed by atoms with Crippen molar-refractivity contribution in [3.8, 4) is 17.1 Å². The van der Waals surface area contributed by atoms with Gasteiger partial charge < -0.3 is 14.3 Å². The molecule has 1 aromatic heterocycles. The number of nitrogens with zero attached hydrogens (tertiary/aromatic N) is 1. The predicted octanol–water partition coefficient (Wildman–Crippen LogP) is 2.36. The fourth-order valence-electron chi connectivity index (χ4n) is 1.61. The normalized spacial score (nSPS) is 10.3. The average Bonchev–Trinajstić information content (AvgIpc) is 2.86. The highest BCUT2D eigenvalue weighted by Crippen LogP contribution is 2.34. The molecular weight excluding hydrogens is 238 g/mol. The van der Waals surface area contributed by atoms with E-state index in [9.17, 15) is 10.1 Å². The minimum atomic E-state index is -0.501. The van der Waals surface area contributed by atoms with E-state index in [1.165, 1.54) is 13.2 Å². The molecule has 0 aliphatic carbocycles. The maximum absolute atomic E-state index is 11.0. The average molecular weight is 249 g/mol. The molecule has 0 radical (unpaired) electrons. The van der Waals surface area contributed by atoms with Crippen LogP contribution in [0.15, 0.2) is 34.7 Å². The molecule has 94 valence electrons. The second-order valence-corrected chi connectivity index (χ2v) is 3.56. The molecule has 1 N–H and O–H groups in total. The first-order chi connectivity index (χ1) is 8.65. The highest BCUT2D eigenvalue weighted by atomic mass is 16.6. The van der Waals surface area contributed by atoms with Crippen molar-refractivity contribution < 1.29 is 19.2 Å². The highest BCUT2D eigenvalue weighted by molar-refractivity contribution is 5.71. The first kappa shape index (κ1) is 12.1. The summed E-state index contributed by atoms with van der Waals surface area (Å²) in [5.74, 6) is 1.10. The molecule has 6 nitrogen and oxygen atoms in total. The summed E-state index contributed by atoms with van der Waals surface area (Å²) in [6.45, 7) is -0.246. The van der Waals surface area contributed by atoms with Crippen molar-refractivity contribution in [3.05, 3.63) is 46.2 Å². The van der Waals surface area contributed by atoms with Gasteiger partial charge in [-0.25, -0.2) is 0 Å². The van der Waals surface area contributed by atoms with E-state index in [2.05, 4.69) is 0 Å². The summed E-state index contributed by atoms with van der Waals surface area (Å²) in [5.41, 5.74) is 0.244. The van der Waals surface area contributed by atoms with Crippen molar-refractivity contribution in [2.45, 2.75) is 6.61 Å². The summed E-state index contributed by atoms with van der Waals surface area (Å²) >= 11 is 0. The molecule has 0 fully saturated rings. The van der Waals surface area contributed by atoms with E-state index in [1.807, 2.05) is 0 Å². The number of aliphatic hydroxyl groups excluding tert-OH is 1. The number of furan rings is 1. The van der Waals surface area contributed by atoms with Crippen molar-refractivity contribution in [3.63, 3.8) is 0 Å². The van der Waals surface area contributed by atoms with Gasteiger partial charge in [-0.1, -0.05) is 0 Å². The van der Waals surface area contributed by atoms with Crippen LogP contribution < -0.4 is 4.74 Å². The van der Waals surface area contributed by atoms with Gasteiger partial charge in [-0.15, -0.1) is 0 Å². The second kappa shape index (κ2) is 4.89. The molecule has 2 rings (SSSR count). The van der Waals surface area contributed by atoms with Crippen molar-refractivity contribution in [2.24, 2.45) is 0 Å². The molecule has 2 aromatic rings. The molecule has 18 heavy (non-hydrogen) atoms. The summed E-state index contributed by atoms with van der Waals surface area (Å²) in [5, 5.41) is 19.9. The number of hydrogen-bond acceptors (Lipinski definition) is 5. The van der Waals surface area contributed by atoms with Crippen LogP contribution >= 0.6 is 0 Å². The Bertz CT molecular complexity index is 576. The van der Waals surface area contributed by atoms with Crippen LogP contribution in [0.5, 0.6) is 5.75 Å².